The Hall–Kier alpha value is -1.86. The van der Waals surface area contributed by atoms with Crippen molar-refractivity contribution in [2.75, 3.05) is 0 Å². The van der Waals surface area contributed by atoms with Crippen molar-refractivity contribution in [3.05, 3.63) is 50.8 Å². The summed E-state index contributed by atoms with van der Waals surface area (Å²) in [5.41, 5.74) is 0.876. The Morgan fingerprint density at radius 3 is 3.00 bits per heavy atom. The lowest BCUT2D eigenvalue weighted by atomic mass is 10.0. The zero-order valence-corrected chi connectivity index (χ0v) is 10.8. The predicted molar refractivity (Wildman–Crippen MR) is 68.3 cm³/mol. The normalized spacial score (nSPS) is 17.2. The Morgan fingerprint density at radius 1 is 1.47 bits per heavy atom. The first kappa shape index (κ1) is 12.2. The van der Waals surface area contributed by atoms with Gasteiger partial charge in [0.05, 0.1) is 11.6 Å². The number of nitrogens with zero attached hydrogens (tertiary/aromatic N) is 2. The summed E-state index contributed by atoms with van der Waals surface area (Å²) in [5, 5.41) is 5.85. The highest BCUT2D eigenvalue weighted by molar-refractivity contribution is 7.10. The summed E-state index contributed by atoms with van der Waals surface area (Å²) in [7, 11) is 0. The second-order valence-electron chi connectivity index (χ2n) is 3.91. The van der Waals surface area contributed by atoms with E-state index in [0.29, 0.717) is 16.1 Å². The highest BCUT2D eigenvalue weighted by Gasteiger charge is 2.37. The molecule has 1 unspecified atom stereocenters. The molecule has 1 aromatic carbocycles. The van der Waals surface area contributed by atoms with Gasteiger partial charge in [-0.05, 0) is 34.9 Å². The fraction of sp³-hybridized carbons (Fsp3) is 0.0909. The van der Waals surface area contributed by atoms with Gasteiger partial charge in [-0.2, -0.15) is 4.37 Å². The zero-order chi connectivity index (χ0) is 13.6. The smallest absolute Gasteiger partial charge is 0.272 e. The van der Waals surface area contributed by atoms with Crippen LogP contribution in [0.25, 0.3) is 0 Å². The molecule has 96 valence electrons. The second-order valence-corrected chi connectivity index (χ2v) is 5.07. The van der Waals surface area contributed by atoms with Crippen LogP contribution in [-0.2, 0) is 0 Å². The van der Waals surface area contributed by atoms with E-state index < -0.39 is 17.8 Å². The third-order valence-electron chi connectivity index (χ3n) is 2.84. The van der Waals surface area contributed by atoms with Gasteiger partial charge in [-0.15, -0.1) is 4.91 Å². The van der Waals surface area contributed by atoms with Crippen molar-refractivity contribution in [2.45, 2.75) is 6.04 Å². The molecule has 0 bridgehead atoms. The summed E-state index contributed by atoms with van der Waals surface area (Å²) in [5.74, 6) is -0.905. The maximum atomic E-state index is 13.3. The molecule has 1 N–H and O–H groups in total. The van der Waals surface area contributed by atoms with Gasteiger partial charge in [-0.3, -0.25) is 4.79 Å². The molecule has 0 saturated carbocycles. The number of nitrogens with one attached hydrogen (secondary N) is 1. The maximum absolute atomic E-state index is 13.3. The number of halogens is 2. The molecule has 0 fully saturated rings. The summed E-state index contributed by atoms with van der Waals surface area (Å²) in [4.78, 5) is 22.5. The lowest BCUT2D eigenvalue weighted by Gasteiger charge is -2.13. The number of aromatic nitrogens is 1. The molecule has 1 aliphatic rings. The van der Waals surface area contributed by atoms with Gasteiger partial charge in [0.1, 0.15) is 11.5 Å². The Morgan fingerprint density at radius 2 is 2.26 bits per heavy atom. The monoisotopic (exact) mass is 297 g/mol. The predicted octanol–water partition coefficient (Wildman–Crippen LogP) is 3.17. The van der Waals surface area contributed by atoms with Crippen molar-refractivity contribution in [3.63, 3.8) is 0 Å². The first-order chi connectivity index (χ1) is 9.11. The first-order valence-electron chi connectivity index (χ1n) is 5.20. The Balaban J connectivity index is 2.19. The second kappa shape index (κ2) is 4.36. The molecule has 5 nitrogen and oxygen atoms in total. The number of benzene rings is 1. The summed E-state index contributed by atoms with van der Waals surface area (Å²) >= 11 is 6.85. The number of rotatable bonds is 2. The van der Waals surface area contributed by atoms with E-state index in [1.54, 1.807) is 0 Å². The lowest BCUT2D eigenvalue weighted by molar-refractivity contribution is 0.0957. The standard InChI is InChI=1S/C11H5ClFN3O2S/c12-6-2-1-4(13)3-5(6)8-7-9(10(17)14-8)16-19-11(7)15-18/h1-3,8H,(H,14,17). The van der Waals surface area contributed by atoms with Gasteiger partial charge in [-0.1, -0.05) is 11.6 Å². The number of amides is 1. The van der Waals surface area contributed by atoms with Crippen LogP contribution in [0.1, 0.15) is 27.7 Å². The third-order valence-corrected chi connectivity index (χ3v) is 3.93. The number of hydrogen-bond donors (Lipinski definition) is 1. The highest BCUT2D eigenvalue weighted by atomic mass is 35.5. The van der Waals surface area contributed by atoms with Crippen molar-refractivity contribution in [1.82, 2.24) is 9.69 Å². The molecular weight excluding hydrogens is 293 g/mol. The molecule has 19 heavy (non-hydrogen) atoms. The minimum atomic E-state index is -0.697. The van der Waals surface area contributed by atoms with Gasteiger partial charge in [0.15, 0.2) is 5.00 Å². The van der Waals surface area contributed by atoms with Crippen LogP contribution in [0.15, 0.2) is 23.4 Å². The van der Waals surface area contributed by atoms with Gasteiger partial charge in [0.25, 0.3) is 5.91 Å². The SMILES string of the molecule is O=Nc1snc2c1C(c1cc(F)ccc1Cl)NC2=O. The van der Waals surface area contributed by atoms with Gasteiger partial charge in [0, 0.05) is 10.6 Å². The van der Waals surface area contributed by atoms with Crippen molar-refractivity contribution in [1.29, 1.82) is 0 Å². The molecule has 1 atom stereocenters. The topological polar surface area (TPSA) is 71.4 Å². The maximum Gasteiger partial charge on any atom is 0.272 e. The van der Waals surface area contributed by atoms with E-state index in [0.717, 1.165) is 11.5 Å². The fourth-order valence-electron chi connectivity index (χ4n) is 2.02. The molecule has 0 aliphatic carbocycles. The summed E-state index contributed by atoms with van der Waals surface area (Å²) in [6.07, 6.45) is 0. The van der Waals surface area contributed by atoms with E-state index in [1.807, 2.05) is 0 Å². The number of carbonyl (C=O) groups excluding carboxylic acids is 1. The number of hydrogen-bond acceptors (Lipinski definition) is 5. The average molecular weight is 298 g/mol. The van der Waals surface area contributed by atoms with E-state index in [2.05, 4.69) is 14.9 Å². The van der Waals surface area contributed by atoms with Gasteiger partial charge < -0.3 is 5.32 Å². The van der Waals surface area contributed by atoms with E-state index >= 15 is 0 Å². The quantitative estimate of drug-likeness (QED) is 0.865. The lowest BCUT2D eigenvalue weighted by Crippen LogP contribution is -2.20. The van der Waals surface area contributed by atoms with Crippen LogP contribution < -0.4 is 5.32 Å². The molecule has 0 saturated heterocycles. The Labute approximate surface area is 115 Å². The van der Waals surface area contributed by atoms with Crippen LogP contribution in [0.4, 0.5) is 9.39 Å². The highest BCUT2D eigenvalue weighted by Crippen LogP contribution is 2.42. The van der Waals surface area contributed by atoms with Gasteiger partial charge in [0.2, 0.25) is 0 Å². The van der Waals surface area contributed by atoms with Crippen LogP contribution >= 0.6 is 23.1 Å². The van der Waals surface area contributed by atoms with Crippen molar-refractivity contribution in [3.8, 4) is 0 Å². The molecule has 0 spiro atoms. The molecule has 1 aromatic heterocycles. The molecule has 1 aliphatic heterocycles. The fourth-order valence-corrected chi connectivity index (χ4v) is 2.95. The summed E-state index contributed by atoms with van der Waals surface area (Å²) in [6.45, 7) is 0. The van der Waals surface area contributed by atoms with Crippen LogP contribution in [-0.4, -0.2) is 10.3 Å². The molecule has 3 rings (SSSR count). The van der Waals surface area contributed by atoms with E-state index in [9.17, 15) is 14.1 Å². The Kier molecular flexibility index (Phi) is 2.79. The molecule has 1 amide bonds. The van der Waals surface area contributed by atoms with Crippen LogP contribution in [0.3, 0.4) is 0 Å². The van der Waals surface area contributed by atoms with Gasteiger partial charge >= 0.3 is 0 Å². The van der Waals surface area contributed by atoms with Crippen LogP contribution in [0, 0.1) is 10.7 Å². The van der Waals surface area contributed by atoms with E-state index in [-0.39, 0.29) is 10.7 Å². The Bertz CT molecular complexity index is 703. The van der Waals surface area contributed by atoms with Crippen LogP contribution in [0.2, 0.25) is 5.02 Å². The number of carbonyl (C=O) groups is 1. The minimum Gasteiger partial charge on any atom is -0.339 e. The van der Waals surface area contributed by atoms with Crippen molar-refractivity contribution >= 4 is 34.0 Å². The first-order valence-corrected chi connectivity index (χ1v) is 6.35. The third kappa shape index (κ3) is 1.82. The van der Waals surface area contributed by atoms with Crippen LogP contribution in [0.5, 0.6) is 0 Å². The summed E-state index contributed by atoms with van der Waals surface area (Å²) < 4.78 is 17.2. The van der Waals surface area contributed by atoms with E-state index in [1.165, 1.54) is 18.2 Å². The minimum absolute atomic E-state index is 0.0960. The molecular formula is C11H5ClFN3O2S. The summed E-state index contributed by atoms with van der Waals surface area (Å²) in [6, 6.07) is 3.13. The number of fused-ring (bicyclic) bond motifs is 1. The van der Waals surface area contributed by atoms with E-state index in [4.69, 9.17) is 11.6 Å². The molecule has 2 heterocycles. The van der Waals surface area contributed by atoms with Crippen molar-refractivity contribution in [2.24, 2.45) is 5.18 Å². The van der Waals surface area contributed by atoms with Crippen molar-refractivity contribution < 1.29 is 9.18 Å². The molecule has 0 radical (unpaired) electrons. The largest absolute Gasteiger partial charge is 0.339 e. The molecule has 2 aromatic rings. The number of nitroso groups, excluding NO2 is 1. The average Bonchev–Trinajstić information content (AvgIpc) is 2.94. The molecule has 8 heteroatoms. The van der Waals surface area contributed by atoms with Gasteiger partial charge in [-0.25, -0.2) is 4.39 Å². The zero-order valence-electron chi connectivity index (χ0n) is 9.18.